The molecule has 5 heteroatoms. The molecule has 2 heterocycles. The lowest BCUT2D eigenvalue weighted by Gasteiger charge is -2.35. The van der Waals surface area contributed by atoms with Gasteiger partial charge in [0.1, 0.15) is 11.9 Å². The summed E-state index contributed by atoms with van der Waals surface area (Å²) in [5.41, 5.74) is 0.987. The monoisotopic (exact) mass is 304 g/mol. The average molecular weight is 304 g/mol. The van der Waals surface area contributed by atoms with Crippen LogP contribution in [-0.2, 0) is 0 Å². The number of hydrogen-bond acceptors (Lipinski definition) is 5. The fraction of sp³-hybridized carbons (Fsp3) is 0.562. The Morgan fingerprint density at radius 1 is 1.29 bits per heavy atom. The second-order valence-electron chi connectivity index (χ2n) is 6.24. The molecule has 2 aromatic rings. The number of nitrogens with one attached hydrogen (secondary N) is 1. The molecule has 1 aliphatic heterocycles. The molecule has 2 aliphatic rings. The van der Waals surface area contributed by atoms with Gasteiger partial charge in [-0.15, -0.1) is 11.3 Å². The van der Waals surface area contributed by atoms with Gasteiger partial charge in [-0.05, 0) is 56.8 Å². The van der Waals surface area contributed by atoms with Gasteiger partial charge in [-0.1, -0.05) is 0 Å². The Kier molecular flexibility index (Phi) is 3.36. The van der Waals surface area contributed by atoms with Crippen molar-refractivity contribution in [2.24, 2.45) is 11.8 Å². The van der Waals surface area contributed by atoms with Crippen LogP contribution in [0.3, 0.4) is 0 Å². The fourth-order valence-corrected chi connectivity index (χ4v) is 4.46. The molecule has 4 rings (SSSR count). The molecule has 21 heavy (non-hydrogen) atoms. The third-order valence-electron chi connectivity index (χ3n) is 4.74. The second-order valence-corrected chi connectivity index (χ2v) is 7.47. The summed E-state index contributed by atoms with van der Waals surface area (Å²) in [4.78, 5) is 4.51. The minimum atomic E-state index is -0.362. The van der Waals surface area contributed by atoms with E-state index < -0.39 is 0 Å². The number of aromatic nitrogens is 1. The van der Waals surface area contributed by atoms with Crippen molar-refractivity contribution >= 4 is 21.6 Å². The van der Waals surface area contributed by atoms with Crippen LogP contribution in [0.5, 0.6) is 5.75 Å². The number of ether oxygens (including phenoxy) is 1. The first kappa shape index (κ1) is 13.5. The van der Waals surface area contributed by atoms with Crippen molar-refractivity contribution in [3.05, 3.63) is 23.2 Å². The molecular formula is C16H20N2O2S. The van der Waals surface area contributed by atoms with E-state index in [4.69, 9.17) is 4.74 Å². The SMILES string of the molecule is Cc1nc2cc(O[C@@H]3C[C@@H]4CNC[C@@H]4C[C@H]3O)ccc2s1. The lowest BCUT2D eigenvalue weighted by atomic mass is 9.78. The van der Waals surface area contributed by atoms with Crippen LogP contribution < -0.4 is 10.1 Å². The van der Waals surface area contributed by atoms with Crippen LogP contribution in [0.15, 0.2) is 18.2 Å². The summed E-state index contributed by atoms with van der Waals surface area (Å²) in [6.45, 7) is 4.11. The molecule has 0 spiro atoms. The quantitative estimate of drug-likeness (QED) is 0.894. The number of benzene rings is 1. The predicted molar refractivity (Wildman–Crippen MR) is 83.9 cm³/mol. The molecular weight excluding hydrogens is 284 g/mol. The van der Waals surface area contributed by atoms with Crippen LogP contribution in [0.1, 0.15) is 17.8 Å². The Bertz CT molecular complexity index is 657. The molecule has 1 saturated carbocycles. The van der Waals surface area contributed by atoms with E-state index in [0.717, 1.165) is 42.2 Å². The van der Waals surface area contributed by atoms with Crippen LogP contribution in [0, 0.1) is 18.8 Å². The molecule has 112 valence electrons. The maximum Gasteiger partial charge on any atom is 0.125 e. The highest BCUT2D eigenvalue weighted by atomic mass is 32.1. The van der Waals surface area contributed by atoms with Crippen LogP contribution >= 0.6 is 11.3 Å². The summed E-state index contributed by atoms with van der Waals surface area (Å²) >= 11 is 1.70. The molecule has 4 nitrogen and oxygen atoms in total. The smallest absolute Gasteiger partial charge is 0.125 e. The van der Waals surface area contributed by atoms with Crippen LogP contribution in [0.4, 0.5) is 0 Å². The highest BCUT2D eigenvalue weighted by Gasteiger charge is 2.39. The number of aliphatic hydroxyl groups excluding tert-OH is 1. The van der Waals surface area contributed by atoms with Crippen molar-refractivity contribution in [2.45, 2.75) is 32.0 Å². The van der Waals surface area contributed by atoms with Gasteiger partial charge in [-0.25, -0.2) is 4.98 Å². The van der Waals surface area contributed by atoms with Crippen molar-refractivity contribution in [1.29, 1.82) is 0 Å². The number of nitrogens with zero attached hydrogens (tertiary/aromatic N) is 1. The number of aliphatic hydroxyl groups is 1. The Morgan fingerprint density at radius 2 is 2.10 bits per heavy atom. The van der Waals surface area contributed by atoms with Gasteiger partial charge >= 0.3 is 0 Å². The predicted octanol–water partition coefficient (Wildman–Crippen LogP) is 2.34. The first-order valence-electron chi connectivity index (χ1n) is 7.61. The van der Waals surface area contributed by atoms with E-state index in [-0.39, 0.29) is 12.2 Å². The van der Waals surface area contributed by atoms with Gasteiger partial charge in [0.05, 0.1) is 21.3 Å². The van der Waals surface area contributed by atoms with Crippen LogP contribution in [-0.4, -0.2) is 35.4 Å². The van der Waals surface area contributed by atoms with Gasteiger partial charge < -0.3 is 15.2 Å². The van der Waals surface area contributed by atoms with E-state index >= 15 is 0 Å². The van der Waals surface area contributed by atoms with Crippen LogP contribution in [0.25, 0.3) is 10.2 Å². The molecule has 1 aromatic heterocycles. The fourth-order valence-electron chi connectivity index (χ4n) is 3.65. The van der Waals surface area contributed by atoms with Crippen molar-refractivity contribution in [3.63, 3.8) is 0 Å². The third kappa shape index (κ3) is 2.54. The summed E-state index contributed by atoms with van der Waals surface area (Å²) in [6, 6.07) is 6.04. The van der Waals surface area contributed by atoms with Gasteiger partial charge in [0.25, 0.3) is 0 Å². The van der Waals surface area contributed by atoms with E-state index in [1.54, 1.807) is 11.3 Å². The maximum atomic E-state index is 10.3. The summed E-state index contributed by atoms with van der Waals surface area (Å²) < 4.78 is 7.26. The Balaban J connectivity index is 1.53. The molecule has 0 unspecified atom stereocenters. The zero-order valence-corrected chi connectivity index (χ0v) is 12.9. The minimum absolute atomic E-state index is 0.0941. The van der Waals surface area contributed by atoms with Gasteiger partial charge in [-0.3, -0.25) is 0 Å². The lowest BCUT2D eigenvalue weighted by molar-refractivity contribution is -0.0230. The van der Waals surface area contributed by atoms with E-state index in [9.17, 15) is 5.11 Å². The third-order valence-corrected chi connectivity index (χ3v) is 5.69. The first-order valence-corrected chi connectivity index (χ1v) is 8.43. The summed E-state index contributed by atoms with van der Waals surface area (Å²) in [6.07, 6.45) is 1.33. The summed E-state index contributed by atoms with van der Waals surface area (Å²) in [5.74, 6) is 2.08. The van der Waals surface area contributed by atoms with E-state index in [1.165, 1.54) is 4.70 Å². The van der Waals surface area contributed by atoms with Crippen molar-refractivity contribution in [2.75, 3.05) is 13.1 Å². The maximum absolute atomic E-state index is 10.3. The Morgan fingerprint density at radius 3 is 2.95 bits per heavy atom. The summed E-state index contributed by atoms with van der Waals surface area (Å²) in [7, 11) is 0. The molecule has 4 atom stereocenters. The molecule has 2 N–H and O–H groups in total. The van der Waals surface area contributed by atoms with Crippen LogP contribution in [0.2, 0.25) is 0 Å². The summed E-state index contributed by atoms with van der Waals surface area (Å²) in [5, 5.41) is 14.8. The van der Waals surface area contributed by atoms with Gasteiger partial charge in [0, 0.05) is 6.07 Å². The molecule has 1 saturated heterocycles. The first-order chi connectivity index (χ1) is 10.2. The van der Waals surface area contributed by atoms with Crippen molar-refractivity contribution < 1.29 is 9.84 Å². The Labute approximate surface area is 128 Å². The molecule has 1 aromatic carbocycles. The Hall–Kier alpha value is -1.17. The largest absolute Gasteiger partial charge is 0.488 e. The molecule has 0 bridgehead atoms. The van der Waals surface area contributed by atoms with Gasteiger partial charge in [0.2, 0.25) is 0 Å². The normalized spacial score (nSPS) is 32.3. The highest BCUT2D eigenvalue weighted by Crippen LogP contribution is 2.35. The van der Waals surface area contributed by atoms with Crippen molar-refractivity contribution in [3.8, 4) is 5.75 Å². The zero-order valence-electron chi connectivity index (χ0n) is 12.1. The average Bonchev–Trinajstić information content (AvgIpc) is 3.03. The van der Waals surface area contributed by atoms with Crippen molar-refractivity contribution in [1.82, 2.24) is 10.3 Å². The highest BCUT2D eigenvalue weighted by molar-refractivity contribution is 7.18. The zero-order chi connectivity index (χ0) is 14.4. The van der Waals surface area contributed by atoms with Gasteiger partial charge in [0.15, 0.2) is 0 Å². The molecule has 0 radical (unpaired) electrons. The minimum Gasteiger partial charge on any atom is -0.488 e. The molecule has 0 amide bonds. The standard InChI is InChI=1S/C16H20N2O2S/c1-9-18-13-6-12(2-3-16(13)21-9)20-15-5-11-8-17-7-10(11)4-14(15)19/h2-3,6,10-11,14-15,17,19H,4-5,7-8H2,1H3/t10-,11+,14+,15+/m0/s1. The molecule has 1 aliphatic carbocycles. The van der Waals surface area contributed by atoms with E-state index in [1.807, 2.05) is 19.1 Å². The number of fused-ring (bicyclic) bond motifs is 2. The number of aryl methyl sites for hydroxylation is 1. The van der Waals surface area contributed by atoms with Gasteiger partial charge in [-0.2, -0.15) is 0 Å². The van der Waals surface area contributed by atoms with E-state index in [2.05, 4.69) is 16.4 Å². The van der Waals surface area contributed by atoms with E-state index in [0.29, 0.717) is 11.8 Å². The number of hydrogen-bond donors (Lipinski definition) is 2. The topological polar surface area (TPSA) is 54.4 Å². The number of rotatable bonds is 2. The number of thiazole rings is 1. The lowest BCUT2D eigenvalue weighted by Crippen LogP contribution is -2.42. The second kappa shape index (κ2) is 5.23. The molecule has 2 fully saturated rings.